The fourth-order valence-electron chi connectivity index (χ4n) is 4.10. The van der Waals surface area contributed by atoms with Gasteiger partial charge in [-0.3, -0.25) is 9.69 Å². The van der Waals surface area contributed by atoms with Crippen molar-refractivity contribution in [1.82, 2.24) is 10.2 Å². The standard InChI is InChI=1S/C20H27F3N2O2/c1-13(2)27-18-12-14(20(21,22)23)8-9-15(18)19(26)24-16-6-5-7-17(16)25-10-3-4-11-25/h8-9,12-13,16-17H,3-7,10-11H2,1-2H3,(H,24,26). The molecular formula is C20H27F3N2O2. The molecule has 4 nitrogen and oxygen atoms in total. The second-order valence-electron chi connectivity index (χ2n) is 7.70. The van der Waals surface area contributed by atoms with Crippen molar-refractivity contribution in [1.29, 1.82) is 0 Å². The molecule has 150 valence electrons. The van der Waals surface area contributed by atoms with Crippen LogP contribution in [-0.4, -0.2) is 42.1 Å². The Labute approximate surface area is 158 Å². The van der Waals surface area contributed by atoms with E-state index in [0.29, 0.717) is 6.04 Å². The largest absolute Gasteiger partial charge is 0.490 e. The number of halogens is 3. The molecule has 0 aromatic heterocycles. The molecule has 1 aliphatic heterocycles. The average molecular weight is 384 g/mol. The summed E-state index contributed by atoms with van der Waals surface area (Å²) in [4.78, 5) is 15.3. The van der Waals surface area contributed by atoms with Crippen LogP contribution in [0, 0.1) is 0 Å². The van der Waals surface area contributed by atoms with Gasteiger partial charge in [0.15, 0.2) is 0 Å². The average Bonchev–Trinajstić information content (AvgIpc) is 3.24. The van der Waals surface area contributed by atoms with Gasteiger partial charge < -0.3 is 10.1 Å². The maximum Gasteiger partial charge on any atom is 0.416 e. The molecule has 3 rings (SSSR count). The van der Waals surface area contributed by atoms with Crippen LogP contribution < -0.4 is 10.1 Å². The molecule has 0 spiro atoms. The van der Waals surface area contributed by atoms with E-state index in [4.69, 9.17) is 4.74 Å². The number of nitrogens with one attached hydrogen (secondary N) is 1. The van der Waals surface area contributed by atoms with Crippen LogP contribution in [0.25, 0.3) is 0 Å². The molecule has 2 atom stereocenters. The van der Waals surface area contributed by atoms with Crippen molar-refractivity contribution in [3.63, 3.8) is 0 Å². The molecule has 7 heteroatoms. The van der Waals surface area contributed by atoms with Crippen molar-refractivity contribution >= 4 is 5.91 Å². The van der Waals surface area contributed by atoms with Crippen molar-refractivity contribution < 1.29 is 22.7 Å². The van der Waals surface area contributed by atoms with Crippen LogP contribution in [0.3, 0.4) is 0 Å². The van der Waals surface area contributed by atoms with Gasteiger partial charge in [-0.25, -0.2) is 0 Å². The number of rotatable bonds is 5. The number of carbonyl (C=O) groups excluding carboxylic acids is 1. The predicted octanol–water partition coefficient (Wildman–Crippen LogP) is 4.24. The van der Waals surface area contributed by atoms with E-state index >= 15 is 0 Å². The molecule has 27 heavy (non-hydrogen) atoms. The van der Waals surface area contributed by atoms with E-state index in [9.17, 15) is 18.0 Å². The molecule has 1 aromatic rings. The summed E-state index contributed by atoms with van der Waals surface area (Å²) in [6, 6.07) is 3.43. The van der Waals surface area contributed by atoms with Gasteiger partial charge in [-0.05, 0) is 77.2 Å². The molecule has 0 bridgehead atoms. The number of nitrogens with zero attached hydrogens (tertiary/aromatic N) is 1. The normalized spacial score (nSPS) is 23.8. The molecular weight excluding hydrogens is 357 g/mol. The van der Waals surface area contributed by atoms with E-state index in [1.54, 1.807) is 13.8 Å². The highest BCUT2D eigenvalue weighted by Gasteiger charge is 2.36. The Hall–Kier alpha value is -1.76. The van der Waals surface area contributed by atoms with Crippen LogP contribution in [0.5, 0.6) is 5.75 Å². The van der Waals surface area contributed by atoms with E-state index in [1.165, 1.54) is 18.9 Å². The van der Waals surface area contributed by atoms with Gasteiger partial charge in [-0.2, -0.15) is 13.2 Å². The summed E-state index contributed by atoms with van der Waals surface area (Å²) in [5, 5.41) is 3.05. The summed E-state index contributed by atoms with van der Waals surface area (Å²) in [5.74, 6) is -0.386. The number of ether oxygens (including phenoxy) is 1. The monoisotopic (exact) mass is 384 g/mol. The highest BCUT2D eigenvalue weighted by molar-refractivity contribution is 5.97. The zero-order valence-electron chi connectivity index (χ0n) is 15.8. The predicted molar refractivity (Wildman–Crippen MR) is 96.9 cm³/mol. The summed E-state index contributed by atoms with van der Waals surface area (Å²) >= 11 is 0. The van der Waals surface area contributed by atoms with Crippen LogP contribution in [0.15, 0.2) is 18.2 Å². The number of hydrogen-bond donors (Lipinski definition) is 1. The first-order chi connectivity index (χ1) is 12.8. The molecule has 1 saturated heterocycles. The van der Waals surface area contributed by atoms with Crippen LogP contribution in [0.4, 0.5) is 13.2 Å². The van der Waals surface area contributed by atoms with Crippen molar-refractivity contribution in [3.05, 3.63) is 29.3 Å². The van der Waals surface area contributed by atoms with E-state index in [-0.39, 0.29) is 29.4 Å². The Balaban J connectivity index is 1.78. The first-order valence-corrected chi connectivity index (χ1v) is 9.68. The number of hydrogen-bond acceptors (Lipinski definition) is 3. The highest BCUT2D eigenvalue weighted by atomic mass is 19.4. The van der Waals surface area contributed by atoms with Gasteiger partial charge in [-0.15, -0.1) is 0 Å². The van der Waals surface area contributed by atoms with E-state index in [0.717, 1.165) is 44.5 Å². The van der Waals surface area contributed by atoms with Crippen LogP contribution in [0.1, 0.15) is 61.9 Å². The summed E-state index contributed by atoms with van der Waals surface area (Å²) in [7, 11) is 0. The minimum absolute atomic E-state index is 0.0203. The lowest BCUT2D eigenvalue weighted by atomic mass is 10.1. The van der Waals surface area contributed by atoms with Crippen LogP contribution >= 0.6 is 0 Å². The van der Waals surface area contributed by atoms with Crippen LogP contribution in [-0.2, 0) is 6.18 Å². The summed E-state index contributed by atoms with van der Waals surface area (Å²) in [5.41, 5.74) is -0.658. The Morgan fingerprint density at radius 3 is 2.52 bits per heavy atom. The minimum Gasteiger partial charge on any atom is -0.490 e. The summed E-state index contributed by atoms with van der Waals surface area (Å²) in [6.45, 7) is 5.56. The maximum atomic E-state index is 13.0. The molecule has 2 aliphatic rings. The Bertz CT molecular complexity index is 670. The molecule has 1 saturated carbocycles. The topological polar surface area (TPSA) is 41.6 Å². The van der Waals surface area contributed by atoms with Gasteiger partial charge in [0.25, 0.3) is 5.91 Å². The molecule has 1 N–H and O–H groups in total. The fourth-order valence-corrected chi connectivity index (χ4v) is 4.10. The number of amides is 1. The lowest BCUT2D eigenvalue weighted by molar-refractivity contribution is -0.137. The maximum absolute atomic E-state index is 13.0. The third-order valence-electron chi connectivity index (χ3n) is 5.32. The Morgan fingerprint density at radius 2 is 1.89 bits per heavy atom. The summed E-state index contributed by atoms with van der Waals surface area (Å²) in [6.07, 6.45) is 0.556. The summed E-state index contributed by atoms with van der Waals surface area (Å²) < 4.78 is 44.6. The molecule has 1 amide bonds. The number of likely N-dealkylation sites (tertiary alicyclic amines) is 1. The van der Waals surface area contributed by atoms with Gasteiger partial charge in [0.05, 0.1) is 17.2 Å². The number of carbonyl (C=O) groups is 1. The molecule has 1 heterocycles. The second-order valence-corrected chi connectivity index (χ2v) is 7.70. The van der Waals surface area contributed by atoms with E-state index in [1.807, 2.05) is 0 Å². The first-order valence-electron chi connectivity index (χ1n) is 9.68. The number of alkyl halides is 3. The lowest BCUT2D eigenvalue weighted by Crippen LogP contribution is -2.47. The quantitative estimate of drug-likeness (QED) is 0.826. The Kier molecular flexibility index (Phi) is 5.99. The van der Waals surface area contributed by atoms with E-state index in [2.05, 4.69) is 10.2 Å². The minimum atomic E-state index is -4.48. The zero-order chi connectivity index (χ0) is 19.6. The van der Waals surface area contributed by atoms with Gasteiger partial charge in [0.1, 0.15) is 5.75 Å². The van der Waals surface area contributed by atoms with Gasteiger partial charge in [-0.1, -0.05) is 0 Å². The Morgan fingerprint density at radius 1 is 1.19 bits per heavy atom. The van der Waals surface area contributed by atoms with Gasteiger partial charge in [0.2, 0.25) is 0 Å². The fraction of sp³-hybridized carbons (Fsp3) is 0.650. The van der Waals surface area contributed by atoms with Gasteiger partial charge >= 0.3 is 6.18 Å². The van der Waals surface area contributed by atoms with E-state index < -0.39 is 11.7 Å². The van der Waals surface area contributed by atoms with Gasteiger partial charge in [0, 0.05) is 12.1 Å². The SMILES string of the molecule is CC(C)Oc1cc(C(F)(F)F)ccc1C(=O)NC1CCCC1N1CCCC1. The molecule has 0 radical (unpaired) electrons. The zero-order valence-corrected chi connectivity index (χ0v) is 15.8. The second kappa shape index (κ2) is 8.09. The highest BCUT2D eigenvalue weighted by Crippen LogP contribution is 2.34. The third-order valence-corrected chi connectivity index (χ3v) is 5.32. The third kappa shape index (κ3) is 4.75. The lowest BCUT2D eigenvalue weighted by Gasteiger charge is -2.30. The molecule has 1 aromatic carbocycles. The number of benzene rings is 1. The smallest absolute Gasteiger partial charge is 0.416 e. The molecule has 2 unspecified atom stereocenters. The van der Waals surface area contributed by atoms with Crippen molar-refractivity contribution in [2.24, 2.45) is 0 Å². The molecule has 2 fully saturated rings. The van der Waals surface area contributed by atoms with Crippen molar-refractivity contribution in [2.75, 3.05) is 13.1 Å². The first kappa shape index (κ1) is 20.0. The van der Waals surface area contributed by atoms with Crippen LogP contribution in [0.2, 0.25) is 0 Å². The van der Waals surface area contributed by atoms with Crippen molar-refractivity contribution in [2.45, 2.75) is 70.3 Å². The van der Waals surface area contributed by atoms with Crippen molar-refractivity contribution in [3.8, 4) is 5.75 Å². The molecule has 1 aliphatic carbocycles.